The van der Waals surface area contributed by atoms with E-state index in [2.05, 4.69) is 0 Å². The minimum Gasteiger partial charge on any atom is -0.311 e. The summed E-state index contributed by atoms with van der Waals surface area (Å²) in [4.78, 5) is 0. The summed E-state index contributed by atoms with van der Waals surface area (Å²) in [6, 6.07) is 0. The van der Waals surface area contributed by atoms with E-state index in [0.717, 1.165) is 103 Å². The molecule has 0 aromatic heterocycles. The fourth-order valence-corrected chi connectivity index (χ4v) is 17.1. The van der Waals surface area contributed by atoms with Crippen LogP contribution in [-0.2, 0) is 70.8 Å². The molecule has 458 valence electrons. The Kier molecular flexibility index (Phi) is 46.0. The molecule has 8 rings (SSSR count). The minimum atomic E-state index is -1.20. The van der Waals surface area contributed by atoms with Gasteiger partial charge in [-0.15, -0.1) is 46.4 Å². The molecule has 8 fully saturated rings. The predicted octanol–water partition coefficient (Wildman–Crippen LogP) is 20.7. The van der Waals surface area contributed by atoms with Crippen LogP contribution < -0.4 is 0 Å². The zero-order valence-electron chi connectivity index (χ0n) is 47.1. The van der Waals surface area contributed by atoms with Crippen molar-refractivity contribution in [2.24, 2.45) is 0 Å². The van der Waals surface area contributed by atoms with Crippen LogP contribution in [0.4, 0.5) is 0 Å². The van der Waals surface area contributed by atoms with E-state index in [1.165, 1.54) is 154 Å². The normalized spacial score (nSPS) is 22.8. The SMILES string of the molecule is ClCCOP(OC1CCCCC1)OC1CCCCC1.ClCCOP(OC1CCCCC1)OC1CCCCC1.ClCCOP(OC1CCCCC1)OC1CCCCC1.ClCCOP(OC1CCCCC1)OC1CCCCC1.[Ni]. The summed E-state index contributed by atoms with van der Waals surface area (Å²) in [5.74, 6) is 2.00. The molecule has 0 radical (unpaired) electrons. The maximum atomic E-state index is 6.06. The van der Waals surface area contributed by atoms with Crippen molar-refractivity contribution in [3.63, 3.8) is 0 Å². The Morgan fingerprint density at radius 2 is 0.325 bits per heavy atom. The van der Waals surface area contributed by atoms with Crippen LogP contribution in [0.25, 0.3) is 0 Å². The van der Waals surface area contributed by atoms with E-state index >= 15 is 0 Å². The minimum absolute atomic E-state index is 0. The quantitative estimate of drug-likeness (QED) is 0.0422. The van der Waals surface area contributed by atoms with Gasteiger partial charge in [0.25, 0.3) is 0 Å². The van der Waals surface area contributed by atoms with Crippen LogP contribution in [-0.4, -0.2) is 98.8 Å². The summed E-state index contributed by atoms with van der Waals surface area (Å²) in [5.41, 5.74) is 0. The first-order chi connectivity index (χ1) is 37.5. The molecule has 12 nitrogen and oxygen atoms in total. The van der Waals surface area contributed by atoms with Gasteiger partial charge in [-0.3, -0.25) is 0 Å². The Labute approximate surface area is 503 Å². The molecule has 0 saturated heterocycles. The van der Waals surface area contributed by atoms with Crippen LogP contribution in [0.15, 0.2) is 0 Å². The Hall–Kier alpha value is 2.89. The fourth-order valence-electron chi connectivity index (χ4n) is 11.1. The summed E-state index contributed by atoms with van der Waals surface area (Å²) in [6.45, 7) is 2.08. The molecule has 0 aliphatic heterocycles. The molecule has 0 amide bonds. The number of rotatable bonds is 28. The van der Waals surface area contributed by atoms with Crippen molar-refractivity contribution in [1.82, 2.24) is 0 Å². The van der Waals surface area contributed by atoms with Gasteiger partial charge in [0.15, 0.2) is 0 Å². The van der Waals surface area contributed by atoms with E-state index in [-0.39, 0.29) is 16.5 Å². The third kappa shape index (κ3) is 35.3. The zero-order chi connectivity index (χ0) is 53.4. The molecule has 0 N–H and O–H groups in total. The maximum Gasteiger partial charge on any atom is 0.333 e. The second kappa shape index (κ2) is 48.9. The van der Waals surface area contributed by atoms with Crippen molar-refractivity contribution in [3.05, 3.63) is 0 Å². The van der Waals surface area contributed by atoms with Gasteiger partial charge in [-0.1, -0.05) is 154 Å². The molecule has 21 heteroatoms. The number of hydrogen-bond donors (Lipinski definition) is 0. The van der Waals surface area contributed by atoms with Crippen LogP contribution >= 0.6 is 80.8 Å². The molecular formula is C56H104Cl4NiO12P4. The number of halogens is 4. The molecule has 0 unspecified atom stereocenters. The van der Waals surface area contributed by atoms with E-state index in [1.807, 2.05) is 0 Å². The molecule has 0 atom stereocenters. The van der Waals surface area contributed by atoms with Crippen molar-refractivity contribution in [2.75, 3.05) is 49.9 Å². The topological polar surface area (TPSA) is 111 Å². The second-order valence-corrected chi connectivity index (χ2v) is 27.9. The molecule has 8 aliphatic rings. The zero-order valence-corrected chi connectivity index (χ0v) is 54.7. The third-order valence-electron chi connectivity index (χ3n) is 15.4. The standard InChI is InChI=1S/4C14H26ClO3P.Ni/c4*15-11-12-16-19(17-13-7-3-1-4-8-13)18-14-9-5-2-6-10-14;/h4*13-14H,1-12H2;. The van der Waals surface area contributed by atoms with Gasteiger partial charge in [-0.2, -0.15) is 0 Å². The van der Waals surface area contributed by atoms with Crippen LogP contribution in [0, 0.1) is 0 Å². The smallest absolute Gasteiger partial charge is 0.311 e. The van der Waals surface area contributed by atoms with Crippen molar-refractivity contribution in [2.45, 2.75) is 306 Å². The van der Waals surface area contributed by atoms with Gasteiger partial charge in [-0.05, 0) is 103 Å². The monoisotopic (exact) mass is 1290 g/mol. The Morgan fingerprint density at radius 1 is 0.208 bits per heavy atom. The van der Waals surface area contributed by atoms with E-state index in [4.69, 9.17) is 101 Å². The van der Waals surface area contributed by atoms with Crippen LogP contribution in [0.2, 0.25) is 0 Å². The first-order valence-electron chi connectivity index (χ1n) is 30.8. The molecule has 77 heavy (non-hydrogen) atoms. The molecule has 8 aliphatic carbocycles. The number of hydrogen-bond acceptors (Lipinski definition) is 12. The third-order valence-corrected chi connectivity index (χ3v) is 21.3. The fraction of sp³-hybridized carbons (Fsp3) is 1.00. The van der Waals surface area contributed by atoms with Crippen molar-refractivity contribution >= 4 is 80.8 Å². The summed E-state index contributed by atoms with van der Waals surface area (Å²) in [5, 5.41) is 0. The van der Waals surface area contributed by atoms with Gasteiger partial charge in [0.2, 0.25) is 0 Å². The van der Waals surface area contributed by atoms with E-state index in [1.54, 1.807) is 0 Å². The maximum absolute atomic E-state index is 6.06. The van der Waals surface area contributed by atoms with Crippen LogP contribution in [0.3, 0.4) is 0 Å². The average molecular weight is 1290 g/mol. The van der Waals surface area contributed by atoms with Crippen LogP contribution in [0.1, 0.15) is 257 Å². The van der Waals surface area contributed by atoms with Crippen molar-refractivity contribution in [3.8, 4) is 0 Å². The first-order valence-corrected chi connectivity index (χ1v) is 37.4. The molecule has 0 heterocycles. The van der Waals surface area contributed by atoms with Gasteiger partial charge in [-0.25, -0.2) is 0 Å². The van der Waals surface area contributed by atoms with Crippen molar-refractivity contribution in [1.29, 1.82) is 0 Å². The molecular weight excluding hydrogens is 1190 g/mol. The molecule has 8 saturated carbocycles. The second-order valence-electron chi connectivity index (χ2n) is 21.9. The Balaban J connectivity index is 0.000000221. The first kappa shape index (κ1) is 72.4. The summed E-state index contributed by atoms with van der Waals surface area (Å²) in [7, 11) is -4.79. The van der Waals surface area contributed by atoms with Crippen molar-refractivity contribution < 1.29 is 70.8 Å². The molecule has 0 spiro atoms. The molecule has 0 aromatic carbocycles. The number of alkyl halides is 4. The molecule has 0 aromatic rings. The van der Waals surface area contributed by atoms with Crippen LogP contribution in [0.5, 0.6) is 0 Å². The summed E-state index contributed by atoms with van der Waals surface area (Å²) in [6.07, 6.45) is 52.1. The van der Waals surface area contributed by atoms with E-state index in [0.29, 0.717) is 98.8 Å². The largest absolute Gasteiger partial charge is 0.333 e. The average Bonchev–Trinajstić information content (AvgIpc) is 3.47. The Bertz CT molecular complexity index is 1040. The van der Waals surface area contributed by atoms with Gasteiger partial charge >= 0.3 is 34.4 Å². The van der Waals surface area contributed by atoms with E-state index < -0.39 is 34.4 Å². The van der Waals surface area contributed by atoms with E-state index in [9.17, 15) is 0 Å². The predicted molar refractivity (Wildman–Crippen MR) is 318 cm³/mol. The molecule has 0 bridgehead atoms. The van der Waals surface area contributed by atoms with Gasteiger partial charge in [0.1, 0.15) is 0 Å². The van der Waals surface area contributed by atoms with Gasteiger partial charge in [0.05, 0.1) is 75.3 Å². The summed E-state index contributed by atoms with van der Waals surface area (Å²) >= 11 is 22.8. The van der Waals surface area contributed by atoms with Gasteiger partial charge < -0.3 is 54.3 Å². The summed E-state index contributed by atoms with van der Waals surface area (Å²) < 4.78 is 71.2. The van der Waals surface area contributed by atoms with Gasteiger partial charge in [0, 0.05) is 40.0 Å². The Morgan fingerprint density at radius 3 is 0.429 bits per heavy atom.